The second-order valence-corrected chi connectivity index (χ2v) is 3.97. The summed E-state index contributed by atoms with van der Waals surface area (Å²) < 4.78 is 5.14. The fraction of sp³-hybridized carbons (Fsp3) is 0.385. The van der Waals surface area contributed by atoms with Crippen molar-refractivity contribution in [2.45, 2.75) is 6.54 Å². The third kappa shape index (κ3) is 4.44. The molecule has 0 radical (unpaired) electrons. The lowest BCUT2D eigenvalue weighted by molar-refractivity contribution is 0.0937. The largest absolute Gasteiger partial charge is 0.394 e. The highest BCUT2D eigenvalue weighted by atomic mass is 16.5. The Hall–Kier alpha value is -1.76. The molecule has 0 spiro atoms. The van der Waals surface area contributed by atoms with E-state index in [1.807, 2.05) is 30.3 Å². The van der Waals surface area contributed by atoms with Crippen molar-refractivity contribution in [1.29, 1.82) is 0 Å². The molecule has 1 heterocycles. The van der Waals surface area contributed by atoms with E-state index in [9.17, 15) is 0 Å². The smallest absolute Gasteiger partial charge is 0.0969 e. The second-order valence-electron chi connectivity index (χ2n) is 3.97. The molecule has 2 rings (SSSR count). The molecule has 1 aromatic heterocycles. The van der Waals surface area contributed by atoms with Crippen LogP contribution in [0.4, 0.5) is 0 Å². The highest BCUT2D eigenvalue weighted by Gasteiger charge is 2.01. The average Bonchev–Trinajstić information content (AvgIpc) is 2.92. The lowest BCUT2D eigenvalue weighted by Crippen LogP contribution is -2.20. The van der Waals surface area contributed by atoms with Crippen LogP contribution in [-0.4, -0.2) is 46.5 Å². The summed E-state index contributed by atoms with van der Waals surface area (Å²) in [6.45, 7) is 2.39. The van der Waals surface area contributed by atoms with Gasteiger partial charge in [-0.1, -0.05) is 18.2 Å². The first kappa shape index (κ1) is 13.7. The van der Waals surface area contributed by atoms with Crippen molar-refractivity contribution < 1.29 is 9.84 Å². The number of aliphatic hydroxyl groups excluding tert-OH is 1. The minimum atomic E-state index is 0.0609. The number of nitrogens with zero attached hydrogens (tertiary/aromatic N) is 3. The van der Waals surface area contributed by atoms with Crippen LogP contribution in [0.1, 0.15) is 5.69 Å². The van der Waals surface area contributed by atoms with Gasteiger partial charge in [-0.2, -0.15) is 15.0 Å². The molecule has 2 N–H and O–H groups in total. The number of hydrogen-bond donors (Lipinski definition) is 2. The fourth-order valence-corrected chi connectivity index (χ4v) is 1.59. The molecular formula is C13H18N4O2. The molecule has 0 unspecified atom stereocenters. The topological polar surface area (TPSA) is 72.2 Å². The third-order valence-electron chi connectivity index (χ3n) is 2.49. The zero-order valence-electron chi connectivity index (χ0n) is 10.7. The van der Waals surface area contributed by atoms with Gasteiger partial charge in [0.05, 0.1) is 37.4 Å². The molecule has 1 aromatic carbocycles. The molecule has 0 saturated heterocycles. The van der Waals surface area contributed by atoms with Crippen LogP contribution in [0.5, 0.6) is 0 Å². The number of rotatable bonds is 8. The molecule has 6 nitrogen and oxygen atoms in total. The Balaban J connectivity index is 1.75. The number of aromatic nitrogens is 3. The van der Waals surface area contributed by atoms with E-state index in [1.165, 1.54) is 0 Å². The molecular weight excluding hydrogens is 244 g/mol. The second kappa shape index (κ2) is 7.63. The fourth-order valence-electron chi connectivity index (χ4n) is 1.59. The Morgan fingerprint density at radius 2 is 2.05 bits per heavy atom. The standard InChI is InChI=1S/C13H18N4O2/c18-7-9-19-8-6-14-10-12-11-15-17(16-12)13-4-2-1-3-5-13/h1-5,11,14,18H,6-10H2. The van der Waals surface area contributed by atoms with Crippen molar-refractivity contribution >= 4 is 0 Å². The van der Waals surface area contributed by atoms with Gasteiger partial charge in [0.25, 0.3) is 0 Å². The summed E-state index contributed by atoms with van der Waals surface area (Å²) in [7, 11) is 0. The van der Waals surface area contributed by atoms with Crippen molar-refractivity contribution in [2.75, 3.05) is 26.4 Å². The van der Waals surface area contributed by atoms with Crippen molar-refractivity contribution in [2.24, 2.45) is 0 Å². The van der Waals surface area contributed by atoms with Crippen LogP contribution >= 0.6 is 0 Å². The van der Waals surface area contributed by atoms with E-state index in [2.05, 4.69) is 15.5 Å². The first-order chi connectivity index (χ1) is 9.40. The molecule has 0 saturated carbocycles. The van der Waals surface area contributed by atoms with Crippen LogP contribution in [0.15, 0.2) is 36.5 Å². The molecule has 0 fully saturated rings. The summed E-state index contributed by atoms with van der Waals surface area (Å²) in [4.78, 5) is 1.61. The molecule has 0 bridgehead atoms. The maximum Gasteiger partial charge on any atom is 0.0969 e. The van der Waals surface area contributed by atoms with Gasteiger partial charge < -0.3 is 15.2 Å². The Kier molecular flexibility index (Phi) is 5.49. The number of para-hydroxylation sites is 1. The molecule has 2 aromatic rings. The monoisotopic (exact) mass is 262 g/mol. The number of nitrogens with one attached hydrogen (secondary N) is 1. The minimum absolute atomic E-state index is 0.0609. The normalized spacial score (nSPS) is 10.8. The lowest BCUT2D eigenvalue weighted by Gasteiger charge is -2.03. The molecule has 0 aliphatic rings. The van der Waals surface area contributed by atoms with Crippen LogP contribution in [0.25, 0.3) is 5.69 Å². The van der Waals surface area contributed by atoms with Gasteiger partial charge in [0, 0.05) is 13.1 Å². The maximum atomic E-state index is 8.55. The maximum absolute atomic E-state index is 8.55. The van der Waals surface area contributed by atoms with E-state index >= 15 is 0 Å². The lowest BCUT2D eigenvalue weighted by atomic mass is 10.3. The van der Waals surface area contributed by atoms with Crippen molar-refractivity contribution in [3.63, 3.8) is 0 Å². The van der Waals surface area contributed by atoms with E-state index in [0.717, 1.165) is 17.9 Å². The summed E-state index contributed by atoms with van der Waals surface area (Å²) in [6, 6.07) is 9.78. The predicted octanol–water partition coefficient (Wildman–Crippen LogP) is 0.366. The van der Waals surface area contributed by atoms with Crippen LogP contribution in [0, 0.1) is 0 Å². The van der Waals surface area contributed by atoms with E-state index in [4.69, 9.17) is 9.84 Å². The van der Waals surface area contributed by atoms with E-state index in [-0.39, 0.29) is 6.61 Å². The summed E-state index contributed by atoms with van der Waals surface area (Å²) in [5.74, 6) is 0. The number of hydrogen-bond acceptors (Lipinski definition) is 5. The number of aliphatic hydroxyl groups is 1. The van der Waals surface area contributed by atoms with Gasteiger partial charge in [0.1, 0.15) is 0 Å². The summed E-state index contributed by atoms with van der Waals surface area (Å²) in [6.07, 6.45) is 1.74. The van der Waals surface area contributed by atoms with Gasteiger partial charge in [-0.05, 0) is 12.1 Å². The van der Waals surface area contributed by atoms with Crippen molar-refractivity contribution in [3.8, 4) is 5.69 Å². The molecule has 0 aliphatic heterocycles. The van der Waals surface area contributed by atoms with Crippen molar-refractivity contribution in [1.82, 2.24) is 20.3 Å². The van der Waals surface area contributed by atoms with Crippen LogP contribution in [0.2, 0.25) is 0 Å². The molecule has 102 valence electrons. The predicted molar refractivity (Wildman–Crippen MR) is 71.0 cm³/mol. The highest BCUT2D eigenvalue weighted by molar-refractivity contribution is 5.28. The van der Waals surface area contributed by atoms with Gasteiger partial charge in [0.15, 0.2) is 0 Å². The Labute approximate surface area is 112 Å². The Bertz CT molecular complexity index is 473. The van der Waals surface area contributed by atoms with E-state index in [0.29, 0.717) is 19.8 Å². The van der Waals surface area contributed by atoms with Crippen LogP contribution < -0.4 is 5.32 Å². The van der Waals surface area contributed by atoms with Gasteiger partial charge in [-0.3, -0.25) is 0 Å². The van der Waals surface area contributed by atoms with Crippen LogP contribution in [0.3, 0.4) is 0 Å². The zero-order chi connectivity index (χ0) is 13.3. The van der Waals surface area contributed by atoms with Gasteiger partial charge in [-0.25, -0.2) is 0 Å². The summed E-state index contributed by atoms with van der Waals surface area (Å²) >= 11 is 0. The SMILES string of the molecule is OCCOCCNCc1cnn(-c2ccccc2)n1. The molecule has 0 atom stereocenters. The van der Waals surface area contributed by atoms with Gasteiger partial charge >= 0.3 is 0 Å². The first-order valence-corrected chi connectivity index (χ1v) is 6.26. The Morgan fingerprint density at radius 3 is 2.84 bits per heavy atom. The van der Waals surface area contributed by atoms with E-state index < -0.39 is 0 Å². The van der Waals surface area contributed by atoms with Crippen molar-refractivity contribution in [3.05, 3.63) is 42.2 Å². The minimum Gasteiger partial charge on any atom is -0.394 e. The van der Waals surface area contributed by atoms with E-state index in [1.54, 1.807) is 11.0 Å². The quantitative estimate of drug-likeness (QED) is 0.672. The summed E-state index contributed by atoms with van der Waals surface area (Å²) in [5.41, 5.74) is 1.83. The number of benzene rings is 1. The highest BCUT2D eigenvalue weighted by Crippen LogP contribution is 2.03. The summed E-state index contributed by atoms with van der Waals surface area (Å²) in [5, 5.41) is 20.3. The van der Waals surface area contributed by atoms with Gasteiger partial charge in [-0.15, -0.1) is 0 Å². The van der Waals surface area contributed by atoms with Crippen LogP contribution in [-0.2, 0) is 11.3 Å². The molecule has 6 heteroatoms. The number of ether oxygens (including phenoxy) is 1. The molecule has 19 heavy (non-hydrogen) atoms. The third-order valence-corrected chi connectivity index (χ3v) is 2.49. The molecule has 0 aliphatic carbocycles. The average molecular weight is 262 g/mol. The van der Waals surface area contributed by atoms with Gasteiger partial charge in [0.2, 0.25) is 0 Å². The molecule has 0 amide bonds. The first-order valence-electron chi connectivity index (χ1n) is 6.26. The Morgan fingerprint density at radius 1 is 1.21 bits per heavy atom. The zero-order valence-corrected chi connectivity index (χ0v) is 10.7.